The lowest BCUT2D eigenvalue weighted by Gasteiger charge is -2.02. The Bertz CT molecular complexity index is 633. The van der Waals surface area contributed by atoms with Crippen molar-refractivity contribution in [2.24, 2.45) is 4.36 Å². The van der Waals surface area contributed by atoms with Gasteiger partial charge in [0.25, 0.3) is 0 Å². The quantitative estimate of drug-likeness (QED) is 0.801. The topological polar surface area (TPSA) is 72.8 Å². The monoisotopic (exact) mass is 293 g/mol. The highest BCUT2D eigenvalue weighted by molar-refractivity contribution is 7.93. The van der Waals surface area contributed by atoms with Gasteiger partial charge in [0.1, 0.15) is 5.75 Å². The van der Waals surface area contributed by atoms with Crippen molar-refractivity contribution in [1.82, 2.24) is 0 Å². The molecule has 5 nitrogen and oxygen atoms in total. The molecule has 0 bridgehead atoms. The highest BCUT2D eigenvalue weighted by Crippen LogP contribution is 2.24. The molecule has 0 atom stereocenters. The molecule has 1 heterocycles. The molecular weight excluding hydrogens is 281 g/mol. The van der Waals surface area contributed by atoms with Crippen LogP contribution in [0.3, 0.4) is 0 Å². The molecule has 0 spiro atoms. The molecule has 0 N–H and O–H groups in total. The van der Waals surface area contributed by atoms with E-state index in [1.807, 2.05) is 0 Å². The lowest BCUT2D eigenvalue weighted by Crippen LogP contribution is -2.01. The summed E-state index contributed by atoms with van der Waals surface area (Å²) in [5, 5.41) is 0. The molecule has 0 unspecified atom stereocenters. The minimum atomic E-state index is -5.01. The third-order valence-corrected chi connectivity index (χ3v) is 5.27. The predicted octanol–water partition coefficient (Wildman–Crippen LogP) is 2.17. The number of benzene rings is 1. The number of hydrogen-bond donors (Lipinski definition) is 0. The highest BCUT2D eigenvalue weighted by Gasteiger charge is 2.16. The van der Waals surface area contributed by atoms with E-state index < -0.39 is 20.2 Å². The molecule has 0 saturated carbocycles. The summed E-state index contributed by atoms with van der Waals surface area (Å²) in [6.45, 7) is 0. The van der Waals surface area contributed by atoms with E-state index >= 15 is 0 Å². The Hall–Kier alpha value is -1.15. The molecule has 0 amide bonds. The third kappa shape index (κ3) is 3.67. The first-order chi connectivity index (χ1) is 8.36. The molecule has 1 aliphatic heterocycles. The number of hydrogen-bond acceptors (Lipinski definition) is 5. The average molecular weight is 293 g/mol. The van der Waals surface area contributed by atoms with Gasteiger partial charge in [-0.05, 0) is 37.1 Å². The smallest absolute Gasteiger partial charge is 0.358 e. The Labute approximate surface area is 106 Å². The summed E-state index contributed by atoms with van der Waals surface area (Å²) in [6, 6.07) is 5.44. The van der Waals surface area contributed by atoms with Crippen molar-refractivity contribution in [2.45, 2.75) is 12.8 Å². The van der Waals surface area contributed by atoms with Crippen LogP contribution in [0.25, 0.3) is 0 Å². The van der Waals surface area contributed by atoms with Crippen LogP contribution in [0.15, 0.2) is 28.6 Å². The van der Waals surface area contributed by atoms with Crippen molar-refractivity contribution in [3.63, 3.8) is 0 Å². The van der Waals surface area contributed by atoms with Gasteiger partial charge in [0.05, 0.1) is 15.4 Å². The van der Waals surface area contributed by atoms with Gasteiger partial charge in [-0.25, -0.2) is 4.21 Å². The first kappa shape index (κ1) is 13.3. The molecule has 1 fully saturated rings. The Morgan fingerprint density at radius 3 is 2.22 bits per heavy atom. The summed E-state index contributed by atoms with van der Waals surface area (Å²) in [5.74, 6) is 1.03. The first-order valence-corrected chi connectivity index (χ1v) is 8.49. The van der Waals surface area contributed by atoms with Crippen LogP contribution in [0, 0.1) is 0 Å². The zero-order valence-electron chi connectivity index (χ0n) is 9.41. The van der Waals surface area contributed by atoms with E-state index in [0.717, 1.165) is 12.8 Å². The molecule has 1 saturated heterocycles. The van der Waals surface area contributed by atoms with Crippen LogP contribution >= 0.6 is 0 Å². The highest BCUT2D eigenvalue weighted by atomic mass is 32.3. The van der Waals surface area contributed by atoms with E-state index in [-0.39, 0.29) is 5.75 Å². The molecule has 0 radical (unpaired) electrons. The second kappa shape index (κ2) is 4.85. The fraction of sp³-hybridized carbons (Fsp3) is 0.400. The van der Waals surface area contributed by atoms with Gasteiger partial charge in [-0.3, -0.25) is 0 Å². The lowest BCUT2D eigenvalue weighted by atomic mass is 10.3. The normalized spacial score (nSPS) is 18.5. The molecule has 1 aromatic carbocycles. The summed E-state index contributed by atoms with van der Waals surface area (Å²) in [7, 11) is -7.17. The largest absolute Gasteiger partial charge is 0.488 e. The van der Waals surface area contributed by atoms with E-state index in [0.29, 0.717) is 17.2 Å². The van der Waals surface area contributed by atoms with Crippen molar-refractivity contribution < 1.29 is 20.7 Å². The molecule has 18 heavy (non-hydrogen) atoms. The van der Waals surface area contributed by atoms with Crippen molar-refractivity contribution >= 4 is 25.9 Å². The maximum atomic E-state index is 12.2. The minimum absolute atomic E-state index is 0.141. The van der Waals surface area contributed by atoms with Crippen molar-refractivity contribution in [1.29, 1.82) is 0 Å². The van der Waals surface area contributed by atoms with E-state index in [9.17, 15) is 16.5 Å². The fourth-order valence-corrected chi connectivity index (χ4v) is 4.26. The van der Waals surface area contributed by atoms with Gasteiger partial charge in [-0.15, -0.1) is 0 Å². The Kier molecular flexibility index (Phi) is 3.58. The average Bonchev–Trinajstić information content (AvgIpc) is 2.66. The van der Waals surface area contributed by atoms with Crippen LogP contribution in [0.1, 0.15) is 12.8 Å². The number of nitrogens with zero attached hydrogens (tertiary/aromatic N) is 1. The minimum Gasteiger partial charge on any atom is -0.358 e. The molecule has 1 aliphatic rings. The maximum Gasteiger partial charge on any atom is 0.488 e. The zero-order valence-corrected chi connectivity index (χ0v) is 11.0. The summed E-state index contributed by atoms with van der Waals surface area (Å²) < 4.78 is 53.1. The van der Waals surface area contributed by atoms with Crippen LogP contribution in [-0.2, 0) is 20.2 Å². The van der Waals surface area contributed by atoms with Gasteiger partial charge in [0, 0.05) is 11.5 Å². The molecule has 2 rings (SSSR count). The van der Waals surface area contributed by atoms with Crippen molar-refractivity contribution in [2.75, 3.05) is 11.5 Å². The van der Waals surface area contributed by atoms with Gasteiger partial charge in [-0.1, -0.05) is 3.89 Å². The fourth-order valence-electron chi connectivity index (χ4n) is 1.72. The molecule has 0 aromatic heterocycles. The van der Waals surface area contributed by atoms with Crippen molar-refractivity contribution in [3.05, 3.63) is 24.3 Å². The van der Waals surface area contributed by atoms with Crippen LogP contribution in [0.2, 0.25) is 0 Å². The van der Waals surface area contributed by atoms with Crippen LogP contribution in [-0.4, -0.2) is 24.1 Å². The Morgan fingerprint density at radius 1 is 1.17 bits per heavy atom. The van der Waals surface area contributed by atoms with Crippen LogP contribution in [0.4, 0.5) is 9.57 Å². The van der Waals surface area contributed by atoms with E-state index in [2.05, 4.69) is 8.55 Å². The maximum absolute atomic E-state index is 12.2. The molecule has 100 valence electrons. The standard InChI is InChI=1S/C10H12FNO4S2/c11-18(14,15)16-10-5-3-9(4-6-10)12-17(13)7-1-2-8-17/h3-6H,1-2,7-8H2. The Balaban J connectivity index is 2.21. The summed E-state index contributed by atoms with van der Waals surface area (Å²) in [6.07, 6.45) is 1.81. The Morgan fingerprint density at radius 2 is 1.72 bits per heavy atom. The first-order valence-electron chi connectivity index (χ1n) is 5.33. The second-order valence-electron chi connectivity index (χ2n) is 3.95. The molecular formula is C10H12FNO4S2. The summed E-state index contributed by atoms with van der Waals surface area (Å²) in [5.41, 5.74) is 0.477. The van der Waals surface area contributed by atoms with Crippen molar-refractivity contribution in [3.8, 4) is 5.75 Å². The number of rotatable bonds is 3. The SMILES string of the molecule is O=S(=O)(F)Oc1ccc(N=S2(=O)CCCC2)cc1. The van der Waals surface area contributed by atoms with Gasteiger partial charge in [0.15, 0.2) is 0 Å². The van der Waals surface area contributed by atoms with Crippen LogP contribution < -0.4 is 4.18 Å². The summed E-state index contributed by atoms with van der Waals surface area (Å²) >= 11 is 0. The molecule has 0 aliphatic carbocycles. The van der Waals surface area contributed by atoms with E-state index in [1.165, 1.54) is 24.3 Å². The van der Waals surface area contributed by atoms with E-state index in [4.69, 9.17) is 0 Å². The van der Waals surface area contributed by atoms with Gasteiger partial charge in [0.2, 0.25) is 0 Å². The molecule has 8 heteroatoms. The van der Waals surface area contributed by atoms with Gasteiger partial charge in [-0.2, -0.15) is 12.8 Å². The number of halogens is 1. The lowest BCUT2D eigenvalue weighted by molar-refractivity contribution is 0.440. The third-order valence-electron chi connectivity index (χ3n) is 2.48. The van der Waals surface area contributed by atoms with Gasteiger partial charge >= 0.3 is 10.5 Å². The van der Waals surface area contributed by atoms with E-state index in [1.54, 1.807) is 0 Å². The summed E-state index contributed by atoms with van der Waals surface area (Å²) in [4.78, 5) is 0. The van der Waals surface area contributed by atoms with Crippen LogP contribution in [0.5, 0.6) is 5.75 Å². The van der Waals surface area contributed by atoms with Gasteiger partial charge < -0.3 is 4.18 Å². The zero-order chi connectivity index (χ0) is 13.2. The second-order valence-corrected chi connectivity index (χ2v) is 7.45. The predicted molar refractivity (Wildman–Crippen MR) is 66.3 cm³/mol. The molecule has 1 aromatic rings.